The van der Waals surface area contributed by atoms with Crippen molar-refractivity contribution in [2.75, 3.05) is 4.90 Å². The molecule has 11 aromatic carbocycles. The van der Waals surface area contributed by atoms with Gasteiger partial charge in [0.15, 0.2) is 0 Å². The van der Waals surface area contributed by atoms with E-state index in [-0.39, 0.29) is 0 Å². The third kappa shape index (κ3) is 6.72. The van der Waals surface area contributed by atoms with Crippen molar-refractivity contribution in [3.05, 3.63) is 301 Å². The van der Waals surface area contributed by atoms with Crippen LogP contribution in [0.4, 0.5) is 17.1 Å². The molecule has 69 heavy (non-hydrogen) atoms. The molecule has 0 radical (unpaired) electrons. The number of hydrogen-bond donors (Lipinski definition) is 0. The van der Waals surface area contributed by atoms with Crippen LogP contribution in [0.2, 0.25) is 0 Å². The van der Waals surface area contributed by atoms with Crippen LogP contribution in [0.15, 0.2) is 279 Å². The minimum atomic E-state index is -0.504. The van der Waals surface area contributed by atoms with E-state index >= 15 is 0 Å². The Morgan fingerprint density at radius 2 is 0.710 bits per heavy atom. The van der Waals surface area contributed by atoms with E-state index in [0.29, 0.717) is 0 Å². The number of rotatable bonds is 9. The Morgan fingerprint density at radius 3 is 1.33 bits per heavy atom. The van der Waals surface area contributed by atoms with Crippen LogP contribution >= 0.6 is 0 Å². The molecule has 1 heterocycles. The smallest absolute Gasteiger partial charge is 0.0714 e. The number of hydrogen-bond acceptors (Lipinski definition) is 1. The van der Waals surface area contributed by atoms with Crippen LogP contribution in [0.3, 0.4) is 0 Å². The standard InChI is InChI=1S/C67H46N2/c1-5-17-47(18-6-1)49-33-38-56(39-34-49)68(58-42-43-60-59-25-13-15-27-63(59)67(64(60)46-58,53-19-7-2-8-20-53)54-21-9-3-10-22-54)57-40-35-50(36-41-57)48-29-31-51(32-30-48)52-37-44-66-62(45-52)61-26-14-16-28-65(61)69(66)55-23-11-4-12-24-55/h1-46H. The second-order valence-electron chi connectivity index (χ2n) is 18.1. The maximum absolute atomic E-state index is 2.45. The molecule has 2 nitrogen and oxygen atoms in total. The first-order valence-corrected chi connectivity index (χ1v) is 23.8. The summed E-state index contributed by atoms with van der Waals surface area (Å²) in [5.74, 6) is 0. The van der Waals surface area contributed by atoms with Crippen molar-refractivity contribution in [2.24, 2.45) is 0 Å². The predicted molar refractivity (Wildman–Crippen MR) is 289 cm³/mol. The van der Waals surface area contributed by atoms with Crippen LogP contribution in [0.25, 0.3) is 72.0 Å². The van der Waals surface area contributed by atoms with E-state index in [2.05, 4.69) is 289 Å². The van der Waals surface area contributed by atoms with Crippen LogP contribution in [0, 0.1) is 0 Å². The molecule has 0 N–H and O–H groups in total. The van der Waals surface area contributed by atoms with Crippen LogP contribution in [0.5, 0.6) is 0 Å². The van der Waals surface area contributed by atoms with Gasteiger partial charge in [-0.1, -0.05) is 212 Å². The summed E-state index contributed by atoms with van der Waals surface area (Å²) >= 11 is 0. The largest absolute Gasteiger partial charge is 0.310 e. The van der Waals surface area contributed by atoms with E-state index in [0.717, 1.165) is 17.1 Å². The molecule has 0 saturated heterocycles. The molecule has 2 heteroatoms. The molecule has 0 fully saturated rings. The maximum atomic E-state index is 2.45. The second-order valence-corrected chi connectivity index (χ2v) is 18.1. The van der Waals surface area contributed by atoms with Crippen molar-refractivity contribution in [1.29, 1.82) is 0 Å². The van der Waals surface area contributed by atoms with Gasteiger partial charge >= 0.3 is 0 Å². The molecule has 12 aromatic rings. The van der Waals surface area contributed by atoms with Gasteiger partial charge in [0, 0.05) is 33.5 Å². The number of benzene rings is 11. The molecular formula is C67H46N2. The van der Waals surface area contributed by atoms with Gasteiger partial charge in [0.2, 0.25) is 0 Å². The van der Waals surface area contributed by atoms with Crippen LogP contribution in [-0.4, -0.2) is 4.57 Å². The van der Waals surface area contributed by atoms with Gasteiger partial charge in [0.1, 0.15) is 0 Å². The molecule has 0 atom stereocenters. The average molecular weight is 879 g/mol. The highest BCUT2D eigenvalue weighted by molar-refractivity contribution is 6.10. The Kier molecular flexibility index (Phi) is 9.77. The fourth-order valence-corrected chi connectivity index (χ4v) is 11.1. The van der Waals surface area contributed by atoms with E-state index in [1.54, 1.807) is 0 Å². The molecule has 0 saturated carbocycles. The van der Waals surface area contributed by atoms with E-state index in [4.69, 9.17) is 0 Å². The number of fused-ring (bicyclic) bond motifs is 6. The summed E-state index contributed by atoms with van der Waals surface area (Å²) in [6.07, 6.45) is 0. The third-order valence-corrected chi connectivity index (χ3v) is 14.3. The van der Waals surface area contributed by atoms with E-state index in [1.165, 1.54) is 94.3 Å². The Hall–Kier alpha value is -8.98. The third-order valence-electron chi connectivity index (χ3n) is 14.3. The molecule has 0 unspecified atom stereocenters. The van der Waals surface area contributed by atoms with Gasteiger partial charge in [0.25, 0.3) is 0 Å². The molecular weight excluding hydrogens is 833 g/mol. The lowest BCUT2D eigenvalue weighted by atomic mass is 9.67. The fourth-order valence-electron chi connectivity index (χ4n) is 11.1. The first kappa shape index (κ1) is 40.3. The number of nitrogens with zero attached hydrogens (tertiary/aromatic N) is 2. The van der Waals surface area contributed by atoms with Crippen molar-refractivity contribution >= 4 is 38.9 Å². The van der Waals surface area contributed by atoms with Crippen molar-refractivity contribution < 1.29 is 0 Å². The Bertz CT molecular complexity index is 3740. The highest BCUT2D eigenvalue weighted by atomic mass is 15.1. The molecule has 1 aromatic heterocycles. The van der Waals surface area contributed by atoms with Gasteiger partial charge in [-0.05, 0) is 133 Å². The summed E-state index contributed by atoms with van der Waals surface area (Å²) in [5.41, 5.74) is 21.1. The summed E-state index contributed by atoms with van der Waals surface area (Å²) < 4.78 is 2.37. The molecule has 324 valence electrons. The zero-order valence-corrected chi connectivity index (χ0v) is 38.0. The summed E-state index contributed by atoms with van der Waals surface area (Å²) in [5, 5.41) is 2.51. The zero-order chi connectivity index (χ0) is 45.7. The molecule has 0 amide bonds. The SMILES string of the molecule is c1ccc(-c2ccc(N(c3ccc(-c4ccc(-c5ccc6c(c5)c5ccccc5n6-c5ccccc5)cc4)cc3)c3ccc4c(c3)C(c3ccccc3)(c3ccccc3)c3ccccc3-4)cc2)cc1. The Balaban J connectivity index is 0.892. The van der Waals surface area contributed by atoms with Crippen LogP contribution < -0.4 is 4.90 Å². The Labute approximate surface area is 403 Å². The zero-order valence-electron chi connectivity index (χ0n) is 38.0. The van der Waals surface area contributed by atoms with Crippen molar-refractivity contribution in [1.82, 2.24) is 4.57 Å². The lowest BCUT2D eigenvalue weighted by Gasteiger charge is -2.35. The second kappa shape index (κ2) is 16.7. The summed E-state index contributed by atoms with van der Waals surface area (Å²) in [4.78, 5) is 2.41. The average Bonchev–Trinajstić information content (AvgIpc) is 3.92. The topological polar surface area (TPSA) is 8.17 Å². The van der Waals surface area contributed by atoms with E-state index in [9.17, 15) is 0 Å². The van der Waals surface area contributed by atoms with Gasteiger partial charge in [-0.3, -0.25) is 0 Å². The Morgan fingerprint density at radius 1 is 0.275 bits per heavy atom. The summed E-state index contributed by atoms with van der Waals surface area (Å²) in [6.45, 7) is 0. The van der Waals surface area contributed by atoms with Gasteiger partial charge in [-0.25, -0.2) is 0 Å². The van der Waals surface area contributed by atoms with Gasteiger partial charge in [0.05, 0.1) is 16.4 Å². The number of anilines is 3. The highest BCUT2D eigenvalue weighted by Crippen LogP contribution is 2.57. The summed E-state index contributed by atoms with van der Waals surface area (Å²) in [7, 11) is 0. The van der Waals surface area contributed by atoms with Gasteiger partial charge < -0.3 is 9.47 Å². The maximum Gasteiger partial charge on any atom is 0.0714 e. The molecule has 0 spiro atoms. The highest BCUT2D eigenvalue weighted by Gasteiger charge is 2.46. The van der Waals surface area contributed by atoms with E-state index in [1.807, 2.05) is 0 Å². The first-order chi connectivity index (χ1) is 34.2. The molecule has 13 rings (SSSR count). The lowest BCUT2D eigenvalue weighted by molar-refractivity contribution is 0.768. The van der Waals surface area contributed by atoms with E-state index < -0.39 is 5.41 Å². The molecule has 1 aliphatic rings. The molecule has 1 aliphatic carbocycles. The van der Waals surface area contributed by atoms with Crippen molar-refractivity contribution in [2.45, 2.75) is 5.41 Å². The van der Waals surface area contributed by atoms with Crippen LogP contribution in [-0.2, 0) is 5.41 Å². The van der Waals surface area contributed by atoms with Gasteiger partial charge in [-0.15, -0.1) is 0 Å². The molecule has 0 bridgehead atoms. The van der Waals surface area contributed by atoms with Crippen molar-refractivity contribution in [3.8, 4) is 50.2 Å². The normalized spacial score (nSPS) is 12.5. The summed E-state index contributed by atoms with van der Waals surface area (Å²) in [6, 6.07) is 102. The lowest BCUT2D eigenvalue weighted by Crippen LogP contribution is -2.28. The molecule has 0 aliphatic heterocycles. The quantitative estimate of drug-likeness (QED) is 0.140. The minimum absolute atomic E-state index is 0.504. The van der Waals surface area contributed by atoms with Crippen molar-refractivity contribution in [3.63, 3.8) is 0 Å². The predicted octanol–water partition coefficient (Wildman–Crippen LogP) is 17.6. The minimum Gasteiger partial charge on any atom is -0.310 e. The monoisotopic (exact) mass is 878 g/mol. The first-order valence-electron chi connectivity index (χ1n) is 23.8. The number of para-hydroxylation sites is 2. The number of aromatic nitrogens is 1. The fraction of sp³-hybridized carbons (Fsp3) is 0.0149. The van der Waals surface area contributed by atoms with Crippen LogP contribution in [0.1, 0.15) is 22.3 Å². The van der Waals surface area contributed by atoms with Gasteiger partial charge in [-0.2, -0.15) is 0 Å².